The summed E-state index contributed by atoms with van der Waals surface area (Å²) in [6, 6.07) is 9.98. The maximum absolute atomic E-state index is 12.7. The first-order valence-corrected chi connectivity index (χ1v) is 7.67. The summed E-state index contributed by atoms with van der Waals surface area (Å²) in [6.07, 6.45) is -1.89. The second kappa shape index (κ2) is 8.42. The Kier molecular flexibility index (Phi) is 6.27. The second-order valence-electron chi connectivity index (χ2n) is 5.36. The van der Waals surface area contributed by atoms with Crippen molar-refractivity contribution >= 4 is 12.0 Å². The van der Waals surface area contributed by atoms with E-state index in [1.807, 2.05) is 0 Å². The molecule has 26 heavy (non-hydrogen) atoms. The molecular weight excluding hydrogens is 347 g/mol. The van der Waals surface area contributed by atoms with Gasteiger partial charge in [-0.15, -0.1) is 0 Å². The maximum atomic E-state index is 12.7. The second-order valence-corrected chi connectivity index (χ2v) is 5.36. The molecule has 2 aromatic carbocycles. The lowest BCUT2D eigenvalue weighted by atomic mass is 10.1. The number of methoxy groups -OCH3 is 2. The highest BCUT2D eigenvalue weighted by Crippen LogP contribution is 2.30. The van der Waals surface area contributed by atoms with Crippen molar-refractivity contribution in [2.45, 2.75) is 12.7 Å². The highest BCUT2D eigenvalue weighted by Gasteiger charge is 2.30. The molecule has 0 aliphatic rings. The Morgan fingerprint density at radius 2 is 1.81 bits per heavy atom. The smallest absolute Gasteiger partial charge is 0.416 e. The molecular formula is C19H18F3NO3. The third-order valence-corrected chi connectivity index (χ3v) is 3.56. The lowest BCUT2D eigenvalue weighted by Gasteiger charge is -2.09. The highest BCUT2D eigenvalue weighted by molar-refractivity contribution is 5.91. The summed E-state index contributed by atoms with van der Waals surface area (Å²) in [5, 5.41) is 2.66. The minimum atomic E-state index is -4.42. The van der Waals surface area contributed by atoms with Gasteiger partial charge in [-0.1, -0.05) is 18.2 Å². The van der Waals surface area contributed by atoms with Crippen LogP contribution in [0.4, 0.5) is 13.2 Å². The van der Waals surface area contributed by atoms with Crippen LogP contribution in [0.3, 0.4) is 0 Å². The van der Waals surface area contributed by atoms with E-state index in [4.69, 9.17) is 9.47 Å². The van der Waals surface area contributed by atoms with Crippen LogP contribution in [0.25, 0.3) is 6.08 Å². The van der Waals surface area contributed by atoms with Crippen LogP contribution < -0.4 is 14.8 Å². The van der Waals surface area contributed by atoms with Gasteiger partial charge in [0.05, 0.1) is 19.8 Å². The van der Waals surface area contributed by atoms with Crippen molar-refractivity contribution in [1.82, 2.24) is 5.32 Å². The monoisotopic (exact) mass is 365 g/mol. The van der Waals surface area contributed by atoms with Gasteiger partial charge in [-0.3, -0.25) is 4.79 Å². The molecule has 0 aromatic heterocycles. The van der Waals surface area contributed by atoms with Crippen molar-refractivity contribution in [3.63, 3.8) is 0 Å². The molecule has 138 valence electrons. The average molecular weight is 365 g/mol. The number of ether oxygens (including phenoxy) is 2. The predicted molar refractivity (Wildman–Crippen MR) is 91.9 cm³/mol. The molecule has 2 aromatic rings. The molecule has 0 unspecified atom stereocenters. The summed E-state index contributed by atoms with van der Waals surface area (Å²) in [6.45, 7) is 0.242. The fraction of sp³-hybridized carbons (Fsp3) is 0.211. The molecule has 0 bridgehead atoms. The largest absolute Gasteiger partial charge is 0.493 e. The molecule has 1 amide bonds. The van der Waals surface area contributed by atoms with Crippen LogP contribution in [-0.4, -0.2) is 20.1 Å². The van der Waals surface area contributed by atoms with Crippen molar-refractivity contribution in [2.24, 2.45) is 0 Å². The van der Waals surface area contributed by atoms with E-state index in [1.54, 1.807) is 18.2 Å². The van der Waals surface area contributed by atoms with Crippen molar-refractivity contribution in [3.05, 3.63) is 65.2 Å². The minimum Gasteiger partial charge on any atom is -0.493 e. The molecule has 0 aliphatic carbocycles. The lowest BCUT2D eigenvalue weighted by Crippen LogP contribution is -2.20. The zero-order valence-corrected chi connectivity index (χ0v) is 14.3. The summed E-state index contributed by atoms with van der Waals surface area (Å²) in [5.74, 6) is 0.697. The topological polar surface area (TPSA) is 47.6 Å². The lowest BCUT2D eigenvalue weighted by molar-refractivity contribution is -0.137. The number of halogens is 3. The molecule has 7 heteroatoms. The molecule has 1 N–H and O–H groups in total. The van der Waals surface area contributed by atoms with E-state index in [9.17, 15) is 18.0 Å². The van der Waals surface area contributed by atoms with E-state index in [1.165, 1.54) is 38.5 Å². The van der Waals surface area contributed by atoms with E-state index < -0.39 is 17.6 Å². The van der Waals surface area contributed by atoms with Gasteiger partial charge >= 0.3 is 6.18 Å². The summed E-state index contributed by atoms with van der Waals surface area (Å²) in [5.41, 5.74) is 0.329. The molecule has 0 saturated carbocycles. The standard InChI is InChI=1S/C19H18F3NO3/c1-25-16-8-6-14(11-17(16)26-2)12-23-18(24)9-7-13-4-3-5-15(10-13)19(20,21)22/h3-11H,12H2,1-2H3,(H,23,24). The van der Waals surface area contributed by atoms with Crippen LogP contribution in [-0.2, 0) is 17.5 Å². The highest BCUT2D eigenvalue weighted by atomic mass is 19.4. The molecule has 0 spiro atoms. The summed E-state index contributed by atoms with van der Waals surface area (Å²) in [4.78, 5) is 11.9. The number of carbonyl (C=O) groups is 1. The third kappa shape index (κ3) is 5.27. The fourth-order valence-corrected chi connectivity index (χ4v) is 2.23. The molecule has 2 rings (SSSR count). The van der Waals surface area contributed by atoms with Gasteiger partial charge < -0.3 is 14.8 Å². The normalized spacial score (nSPS) is 11.4. The van der Waals surface area contributed by atoms with Gasteiger partial charge in [-0.05, 0) is 41.5 Å². The van der Waals surface area contributed by atoms with Crippen molar-refractivity contribution in [2.75, 3.05) is 14.2 Å². The Balaban J connectivity index is 1.98. The van der Waals surface area contributed by atoms with Gasteiger partial charge in [-0.25, -0.2) is 0 Å². The number of hydrogen-bond acceptors (Lipinski definition) is 3. The van der Waals surface area contributed by atoms with Gasteiger partial charge in [-0.2, -0.15) is 13.2 Å². The number of amides is 1. The first-order chi connectivity index (χ1) is 12.3. The molecule has 0 fully saturated rings. The fourth-order valence-electron chi connectivity index (χ4n) is 2.23. The maximum Gasteiger partial charge on any atom is 0.416 e. The van der Waals surface area contributed by atoms with Gasteiger partial charge in [0.2, 0.25) is 5.91 Å². The first-order valence-electron chi connectivity index (χ1n) is 7.67. The van der Waals surface area contributed by atoms with E-state index in [2.05, 4.69) is 5.32 Å². The van der Waals surface area contributed by atoms with Crippen LogP contribution >= 0.6 is 0 Å². The van der Waals surface area contributed by atoms with E-state index in [0.717, 1.165) is 17.7 Å². The SMILES string of the molecule is COc1ccc(CNC(=O)C=Cc2cccc(C(F)(F)F)c2)cc1OC. The third-order valence-electron chi connectivity index (χ3n) is 3.56. The number of rotatable bonds is 6. The van der Waals surface area contributed by atoms with E-state index >= 15 is 0 Å². The Labute approximate surface area is 149 Å². The summed E-state index contributed by atoms with van der Waals surface area (Å²) < 4.78 is 48.3. The summed E-state index contributed by atoms with van der Waals surface area (Å²) in [7, 11) is 3.04. The number of nitrogens with one attached hydrogen (secondary N) is 1. The molecule has 0 atom stereocenters. The van der Waals surface area contributed by atoms with Crippen LogP contribution in [0.15, 0.2) is 48.5 Å². The Bertz CT molecular complexity index is 801. The van der Waals surface area contributed by atoms with Gasteiger partial charge in [0, 0.05) is 12.6 Å². The van der Waals surface area contributed by atoms with Crippen LogP contribution in [0.5, 0.6) is 11.5 Å². The van der Waals surface area contributed by atoms with Crippen LogP contribution in [0.1, 0.15) is 16.7 Å². The van der Waals surface area contributed by atoms with E-state index in [0.29, 0.717) is 17.1 Å². The number of alkyl halides is 3. The summed E-state index contributed by atoms with van der Waals surface area (Å²) >= 11 is 0. The minimum absolute atomic E-state index is 0.242. The van der Waals surface area contributed by atoms with Crippen molar-refractivity contribution < 1.29 is 27.4 Å². The average Bonchev–Trinajstić information content (AvgIpc) is 2.64. The van der Waals surface area contributed by atoms with Crippen molar-refractivity contribution in [1.29, 1.82) is 0 Å². The van der Waals surface area contributed by atoms with Gasteiger partial charge in [0.15, 0.2) is 11.5 Å². The molecule has 0 heterocycles. The molecule has 0 radical (unpaired) electrons. The van der Waals surface area contributed by atoms with Crippen molar-refractivity contribution in [3.8, 4) is 11.5 Å². The Morgan fingerprint density at radius 3 is 2.46 bits per heavy atom. The Morgan fingerprint density at radius 1 is 1.08 bits per heavy atom. The molecule has 0 aliphatic heterocycles. The van der Waals surface area contributed by atoms with Gasteiger partial charge in [0.25, 0.3) is 0 Å². The Hall–Kier alpha value is -2.96. The van der Waals surface area contributed by atoms with Crippen LogP contribution in [0, 0.1) is 0 Å². The number of benzene rings is 2. The molecule has 0 saturated heterocycles. The van der Waals surface area contributed by atoms with E-state index in [-0.39, 0.29) is 6.54 Å². The number of carbonyl (C=O) groups excluding carboxylic acids is 1. The number of hydrogen-bond donors (Lipinski definition) is 1. The first kappa shape index (κ1) is 19.4. The molecule has 4 nitrogen and oxygen atoms in total. The van der Waals surface area contributed by atoms with Gasteiger partial charge in [0.1, 0.15) is 0 Å². The zero-order chi connectivity index (χ0) is 19.2. The quantitative estimate of drug-likeness (QED) is 0.786. The predicted octanol–water partition coefficient (Wildman–Crippen LogP) is 4.05. The zero-order valence-electron chi connectivity index (χ0n) is 14.3. The van der Waals surface area contributed by atoms with Crippen LogP contribution in [0.2, 0.25) is 0 Å².